The van der Waals surface area contributed by atoms with Crippen molar-refractivity contribution in [2.45, 2.75) is 12.8 Å². The predicted molar refractivity (Wildman–Crippen MR) is 49.2 cm³/mol. The van der Waals surface area contributed by atoms with Gasteiger partial charge in [-0.15, -0.1) is 0 Å². The van der Waals surface area contributed by atoms with E-state index in [2.05, 4.69) is 10.7 Å². The van der Waals surface area contributed by atoms with Gasteiger partial charge in [0.05, 0.1) is 0 Å². The number of hydrogen-bond donors (Lipinski definition) is 2. The molecule has 76 valence electrons. The van der Waals surface area contributed by atoms with Crippen molar-refractivity contribution in [3.05, 3.63) is 0 Å². The molecule has 1 amide bonds. The highest BCUT2D eigenvalue weighted by Crippen LogP contribution is 2.03. The van der Waals surface area contributed by atoms with Crippen molar-refractivity contribution in [2.75, 3.05) is 33.3 Å². The fraction of sp³-hybridized carbons (Fsp3) is 0.875. The smallest absolute Gasteiger partial charge is 0.421 e. The number of carbonyl (C=O) groups is 1. The highest BCUT2D eigenvalue weighted by Gasteiger charge is 2.13. The molecular formula is C8H17N3O2. The second kappa shape index (κ2) is 5.77. The van der Waals surface area contributed by atoms with E-state index in [4.69, 9.17) is 4.74 Å². The molecule has 0 aromatic carbocycles. The SMILES string of the molecule is CNCCOC(=O)NN1CCCC1. The summed E-state index contributed by atoms with van der Waals surface area (Å²) in [6, 6.07) is 0. The van der Waals surface area contributed by atoms with Gasteiger partial charge in [0.15, 0.2) is 0 Å². The Bertz CT molecular complexity index is 157. The maximum atomic E-state index is 11.1. The van der Waals surface area contributed by atoms with E-state index in [0.717, 1.165) is 25.9 Å². The van der Waals surface area contributed by atoms with Crippen LogP contribution in [0.3, 0.4) is 0 Å². The second-order valence-corrected chi connectivity index (χ2v) is 3.05. The lowest BCUT2D eigenvalue weighted by atomic mass is 10.4. The number of amides is 1. The third-order valence-corrected chi connectivity index (χ3v) is 1.94. The van der Waals surface area contributed by atoms with Crippen molar-refractivity contribution in [1.29, 1.82) is 0 Å². The first kappa shape index (κ1) is 10.3. The number of nitrogens with one attached hydrogen (secondary N) is 2. The van der Waals surface area contributed by atoms with Crippen LogP contribution in [0.2, 0.25) is 0 Å². The zero-order valence-electron chi connectivity index (χ0n) is 8.01. The Kier molecular flexibility index (Phi) is 4.56. The largest absolute Gasteiger partial charge is 0.447 e. The number of hydrogen-bond acceptors (Lipinski definition) is 4. The monoisotopic (exact) mass is 187 g/mol. The van der Waals surface area contributed by atoms with Crippen LogP contribution in [0.4, 0.5) is 4.79 Å². The molecular weight excluding hydrogens is 170 g/mol. The summed E-state index contributed by atoms with van der Waals surface area (Å²) in [5.41, 5.74) is 2.68. The van der Waals surface area contributed by atoms with E-state index in [9.17, 15) is 4.79 Å². The van der Waals surface area contributed by atoms with E-state index in [1.807, 2.05) is 12.1 Å². The number of hydrazine groups is 1. The zero-order chi connectivity index (χ0) is 9.52. The molecule has 1 rings (SSSR count). The van der Waals surface area contributed by atoms with Gasteiger partial charge in [-0.3, -0.25) is 5.43 Å². The van der Waals surface area contributed by atoms with E-state index in [1.54, 1.807) is 0 Å². The number of rotatable bonds is 4. The van der Waals surface area contributed by atoms with Gasteiger partial charge in [0, 0.05) is 19.6 Å². The number of nitrogens with zero attached hydrogens (tertiary/aromatic N) is 1. The molecule has 0 spiro atoms. The van der Waals surface area contributed by atoms with E-state index < -0.39 is 0 Å². The molecule has 1 fully saturated rings. The second-order valence-electron chi connectivity index (χ2n) is 3.05. The molecule has 5 heteroatoms. The number of likely N-dealkylation sites (N-methyl/N-ethyl adjacent to an activating group) is 1. The molecule has 0 bridgehead atoms. The van der Waals surface area contributed by atoms with E-state index in [0.29, 0.717) is 13.2 Å². The molecule has 1 aliphatic heterocycles. The van der Waals surface area contributed by atoms with Gasteiger partial charge >= 0.3 is 6.09 Å². The van der Waals surface area contributed by atoms with Crippen molar-refractivity contribution in [3.8, 4) is 0 Å². The Hall–Kier alpha value is -0.810. The Balaban J connectivity index is 2.02. The average Bonchev–Trinajstić information content (AvgIpc) is 2.57. The number of carbonyl (C=O) groups excluding carboxylic acids is 1. The molecule has 1 saturated heterocycles. The first-order valence-corrected chi connectivity index (χ1v) is 4.66. The van der Waals surface area contributed by atoms with Gasteiger partial charge in [0.25, 0.3) is 0 Å². The van der Waals surface area contributed by atoms with Gasteiger partial charge in [-0.1, -0.05) is 0 Å². The Morgan fingerprint density at radius 1 is 1.46 bits per heavy atom. The van der Waals surface area contributed by atoms with Gasteiger partial charge in [0.1, 0.15) is 6.61 Å². The van der Waals surface area contributed by atoms with Crippen LogP contribution in [0.15, 0.2) is 0 Å². The first-order chi connectivity index (χ1) is 6.33. The lowest BCUT2D eigenvalue weighted by Gasteiger charge is -2.15. The Labute approximate surface area is 78.4 Å². The predicted octanol–water partition coefficient (Wildman–Crippen LogP) is -0.0572. The number of ether oxygens (including phenoxy) is 1. The molecule has 0 unspecified atom stereocenters. The Morgan fingerprint density at radius 2 is 2.15 bits per heavy atom. The zero-order valence-corrected chi connectivity index (χ0v) is 8.01. The molecule has 0 aromatic heterocycles. The molecule has 0 saturated carbocycles. The molecule has 13 heavy (non-hydrogen) atoms. The average molecular weight is 187 g/mol. The van der Waals surface area contributed by atoms with Crippen LogP contribution in [0, 0.1) is 0 Å². The molecule has 1 aliphatic rings. The lowest BCUT2D eigenvalue weighted by molar-refractivity contribution is 0.115. The quantitative estimate of drug-likeness (QED) is 0.606. The van der Waals surface area contributed by atoms with Gasteiger partial charge < -0.3 is 10.1 Å². The molecule has 5 nitrogen and oxygen atoms in total. The van der Waals surface area contributed by atoms with Crippen LogP contribution >= 0.6 is 0 Å². The van der Waals surface area contributed by atoms with Gasteiger partial charge in [0.2, 0.25) is 0 Å². The highest BCUT2D eigenvalue weighted by molar-refractivity contribution is 5.66. The summed E-state index contributed by atoms with van der Waals surface area (Å²) >= 11 is 0. The van der Waals surface area contributed by atoms with E-state index in [1.165, 1.54) is 0 Å². The maximum absolute atomic E-state index is 11.1. The molecule has 0 radical (unpaired) electrons. The van der Waals surface area contributed by atoms with Crippen molar-refractivity contribution >= 4 is 6.09 Å². The fourth-order valence-electron chi connectivity index (χ4n) is 1.24. The fourth-order valence-corrected chi connectivity index (χ4v) is 1.24. The summed E-state index contributed by atoms with van der Waals surface area (Å²) in [4.78, 5) is 11.1. The third-order valence-electron chi connectivity index (χ3n) is 1.94. The summed E-state index contributed by atoms with van der Waals surface area (Å²) in [5.74, 6) is 0. The summed E-state index contributed by atoms with van der Waals surface area (Å²) in [6.45, 7) is 2.96. The third kappa shape index (κ3) is 4.10. The Morgan fingerprint density at radius 3 is 2.77 bits per heavy atom. The van der Waals surface area contributed by atoms with Crippen molar-refractivity contribution in [3.63, 3.8) is 0 Å². The summed E-state index contributed by atoms with van der Waals surface area (Å²) in [7, 11) is 1.82. The maximum Gasteiger partial charge on any atom is 0.421 e. The first-order valence-electron chi connectivity index (χ1n) is 4.66. The standard InChI is InChI=1S/C8H17N3O2/c1-9-4-7-13-8(12)10-11-5-2-3-6-11/h9H,2-7H2,1H3,(H,10,12). The van der Waals surface area contributed by atoms with Crippen molar-refractivity contribution < 1.29 is 9.53 Å². The van der Waals surface area contributed by atoms with Gasteiger partial charge in [-0.25, -0.2) is 9.80 Å². The van der Waals surface area contributed by atoms with Crippen LogP contribution in [0.5, 0.6) is 0 Å². The lowest BCUT2D eigenvalue weighted by Crippen LogP contribution is -2.40. The molecule has 2 N–H and O–H groups in total. The summed E-state index contributed by atoms with van der Waals surface area (Å²) in [5, 5.41) is 4.79. The van der Waals surface area contributed by atoms with Gasteiger partial charge in [-0.2, -0.15) is 0 Å². The van der Waals surface area contributed by atoms with E-state index >= 15 is 0 Å². The van der Waals surface area contributed by atoms with Crippen molar-refractivity contribution in [1.82, 2.24) is 15.8 Å². The summed E-state index contributed by atoms with van der Waals surface area (Å²) in [6.07, 6.45) is 1.95. The molecule has 0 aromatic rings. The van der Waals surface area contributed by atoms with E-state index in [-0.39, 0.29) is 6.09 Å². The minimum absolute atomic E-state index is 0.350. The summed E-state index contributed by atoms with van der Waals surface area (Å²) < 4.78 is 4.89. The van der Waals surface area contributed by atoms with Crippen molar-refractivity contribution in [2.24, 2.45) is 0 Å². The van der Waals surface area contributed by atoms with Crippen LogP contribution in [-0.2, 0) is 4.74 Å². The molecule has 0 aliphatic carbocycles. The topological polar surface area (TPSA) is 53.6 Å². The molecule has 1 heterocycles. The van der Waals surface area contributed by atoms with Crippen LogP contribution in [-0.4, -0.2) is 44.4 Å². The normalized spacial score (nSPS) is 17.3. The van der Waals surface area contributed by atoms with Crippen LogP contribution in [0.1, 0.15) is 12.8 Å². The molecule has 0 atom stereocenters. The van der Waals surface area contributed by atoms with Gasteiger partial charge in [-0.05, 0) is 19.9 Å². The minimum atomic E-state index is -0.350. The van der Waals surface area contributed by atoms with Crippen LogP contribution < -0.4 is 10.7 Å². The van der Waals surface area contributed by atoms with Crippen LogP contribution in [0.25, 0.3) is 0 Å². The highest BCUT2D eigenvalue weighted by atomic mass is 16.6. The minimum Gasteiger partial charge on any atom is -0.447 e.